The van der Waals surface area contributed by atoms with Gasteiger partial charge in [0.25, 0.3) is 5.79 Å². The maximum atomic E-state index is 7.28. The van der Waals surface area contributed by atoms with Crippen LogP contribution in [0.5, 0.6) is 11.5 Å². The van der Waals surface area contributed by atoms with E-state index >= 15 is 0 Å². The van der Waals surface area contributed by atoms with Crippen LogP contribution in [0.1, 0.15) is 80.7 Å². The molecule has 4 aliphatic rings. The van der Waals surface area contributed by atoms with Crippen molar-refractivity contribution in [2.24, 2.45) is 0 Å². The van der Waals surface area contributed by atoms with Crippen LogP contribution in [0, 0.1) is 13.8 Å². The average Bonchev–Trinajstić information content (AvgIpc) is 3.61. The fraction of sp³-hybridized carbons (Fsp3) is 0.277. The van der Waals surface area contributed by atoms with Crippen LogP contribution in [0.15, 0.2) is 121 Å². The summed E-state index contributed by atoms with van der Waals surface area (Å²) in [6.45, 7) is 13.9. The van der Waals surface area contributed by atoms with E-state index < -0.39 is 5.79 Å². The van der Waals surface area contributed by atoms with Crippen molar-refractivity contribution in [2.75, 3.05) is 4.90 Å². The molecular formula is C47H44N2O2. The zero-order valence-electron chi connectivity index (χ0n) is 30.4. The zero-order chi connectivity index (χ0) is 34.9. The first-order chi connectivity index (χ1) is 24.5. The molecule has 6 aromatic rings. The molecule has 254 valence electrons. The number of hydrogen-bond acceptors (Lipinski definition) is 3. The summed E-state index contributed by atoms with van der Waals surface area (Å²) in [5.41, 5.74) is 13.4. The average molecular weight is 669 g/mol. The third-order valence-corrected chi connectivity index (χ3v) is 12.1. The van der Waals surface area contributed by atoms with Crippen molar-refractivity contribution in [3.8, 4) is 17.2 Å². The van der Waals surface area contributed by atoms with Crippen LogP contribution in [-0.4, -0.2) is 10.4 Å². The highest BCUT2D eigenvalue weighted by molar-refractivity contribution is 6.09. The van der Waals surface area contributed by atoms with Crippen LogP contribution in [0.25, 0.3) is 27.5 Å². The fourth-order valence-electron chi connectivity index (χ4n) is 9.94. The molecule has 2 unspecified atom stereocenters. The first kappa shape index (κ1) is 30.6. The molecule has 0 bridgehead atoms. The predicted octanol–water partition coefficient (Wildman–Crippen LogP) is 12.0. The van der Waals surface area contributed by atoms with Crippen molar-refractivity contribution in [3.63, 3.8) is 0 Å². The van der Waals surface area contributed by atoms with Crippen LogP contribution < -0.4 is 14.4 Å². The van der Waals surface area contributed by atoms with Gasteiger partial charge in [-0.3, -0.25) is 0 Å². The van der Waals surface area contributed by atoms with Crippen molar-refractivity contribution in [1.29, 1.82) is 0 Å². The first-order valence-electron chi connectivity index (χ1n) is 18.5. The number of aryl methyl sites for hydroxylation is 2. The molecule has 4 nitrogen and oxygen atoms in total. The Kier molecular flexibility index (Phi) is 6.25. The van der Waals surface area contributed by atoms with E-state index in [0.717, 1.165) is 36.4 Å². The maximum Gasteiger partial charge on any atom is 0.252 e. The third kappa shape index (κ3) is 4.38. The number of ether oxygens (including phenoxy) is 2. The molecule has 0 N–H and O–H groups in total. The van der Waals surface area contributed by atoms with Crippen molar-refractivity contribution < 1.29 is 9.47 Å². The van der Waals surface area contributed by atoms with E-state index in [9.17, 15) is 0 Å². The van der Waals surface area contributed by atoms with Crippen LogP contribution in [-0.2, 0) is 10.8 Å². The van der Waals surface area contributed by atoms with E-state index in [1.165, 1.54) is 66.7 Å². The third-order valence-electron chi connectivity index (χ3n) is 12.1. The molecule has 2 atom stereocenters. The Morgan fingerprint density at radius 3 is 1.82 bits per heavy atom. The predicted molar refractivity (Wildman–Crippen MR) is 209 cm³/mol. The summed E-state index contributed by atoms with van der Waals surface area (Å²) >= 11 is 0. The number of fused-ring (bicyclic) bond motifs is 8. The van der Waals surface area contributed by atoms with Gasteiger partial charge in [0.2, 0.25) is 0 Å². The van der Waals surface area contributed by atoms with Crippen molar-refractivity contribution in [3.05, 3.63) is 149 Å². The maximum absolute atomic E-state index is 7.28. The fourth-order valence-corrected chi connectivity index (χ4v) is 9.94. The molecule has 51 heavy (non-hydrogen) atoms. The highest BCUT2D eigenvalue weighted by Crippen LogP contribution is 2.57. The lowest BCUT2D eigenvalue weighted by molar-refractivity contribution is -0.166. The minimum atomic E-state index is -0.814. The summed E-state index contributed by atoms with van der Waals surface area (Å²) in [5.74, 6) is 1.39. The van der Waals surface area contributed by atoms with Crippen LogP contribution in [0.2, 0.25) is 0 Å². The molecule has 0 saturated heterocycles. The van der Waals surface area contributed by atoms with Gasteiger partial charge in [0.05, 0.1) is 22.4 Å². The summed E-state index contributed by atoms with van der Waals surface area (Å²) in [6.07, 6.45) is 9.33. The lowest BCUT2D eigenvalue weighted by Gasteiger charge is -2.51. The van der Waals surface area contributed by atoms with E-state index in [1.54, 1.807) is 0 Å². The lowest BCUT2D eigenvalue weighted by Crippen LogP contribution is -2.55. The molecule has 1 spiro atoms. The number of anilines is 2. The van der Waals surface area contributed by atoms with Gasteiger partial charge in [-0.15, -0.1) is 0 Å². The smallest absolute Gasteiger partial charge is 0.252 e. The Morgan fingerprint density at radius 2 is 1.18 bits per heavy atom. The lowest BCUT2D eigenvalue weighted by atomic mass is 9.68. The zero-order valence-corrected chi connectivity index (χ0v) is 30.4. The summed E-state index contributed by atoms with van der Waals surface area (Å²) in [7, 11) is 0. The van der Waals surface area contributed by atoms with Gasteiger partial charge >= 0.3 is 0 Å². The normalized spacial score (nSPS) is 22.2. The van der Waals surface area contributed by atoms with E-state index in [-0.39, 0.29) is 10.8 Å². The van der Waals surface area contributed by atoms with Gasteiger partial charge in [-0.2, -0.15) is 0 Å². The minimum absolute atomic E-state index is 0.164. The van der Waals surface area contributed by atoms with Gasteiger partial charge in [0.15, 0.2) is 0 Å². The number of para-hydroxylation sites is 3. The highest BCUT2D eigenvalue weighted by Gasteiger charge is 2.53. The summed E-state index contributed by atoms with van der Waals surface area (Å²) in [6, 6.07) is 35.6. The van der Waals surface area contributed by atoms with Crippen molar-refractivity contribution in [2.45, 2.75) is 83.3 Å². The molecule has 10 rings (SSSR count). The van der Waals surface area contributed by atoms with E-state index in [1.807, 2.05) is 0 Å². The molecule has 1 aliphatic carbocycles. The van der Waals surface area contributed by atoms with Gasteiger partial charge in [-0.1, -0.05) is 94.4 Å². The van der Waals surface area contributed by atoms with E-state index in [4.69, 9.17) is 9.47 Å². The van der Waals surface area contributed by atoms with Gasteiger partial charge in [-0.25, -0.2) is 0 Å². The van der Waals surface area contributed by atoms with Gasteiger partial charge in [-0.05, 0) is 73.4 Å². The Hall–Kier alpha value is -5.22. The van der Waals surface area contributed by atoms with E-state index in [2.05, 4.69) is 166 Å². The van der Waals surface area contributed by atoms with Crippen molar-refractivity contribution in [1.82, 2.24) is 4.57 Å². The molecule has 4 heteroatoms. The Balaban J connectivity index is 1.10. The number of allylic oxidation sites excluding steroid dienone is 4. The Bertz CT molecular complexity index is 2460. The number of nitrogens with zero attached hydrogens (tertiary/aromatic N) is 2. The first-order valence-corrected chi connectivity index (χ1v) is 18.5. The number of rotatable bonds is 2. The molecular weight excluding hydrogens is 625 g/mol. The van der Waals surface area contributed by atoms with Crippen LogP contribution in [0.3, 0.4) is 0 Å². The molecule has 5 aromatic carbocycles. The monoisotopic (exact) mass is 668 g/mol. The standard InChI is InChI=1S/C47H44N2O2/c1-29-23-35-43(25-41(29)48-37-19-11-7-15-31(37)32-16-8-12-20-38(32)48)50-47(27-45(35,3)4)28-46(5,6)36-24-30(2)42(26-44(36)51-47)49-39-21-13-9-17-33(39)34-18-10-14-22-40(34)49/h7-17,19-26,34H,18,27-28H2,1-6H3. The largest absolute Gasteiger partial charge is 0.452 e. The van der Waals surface area contributed by atoms with Gasteiger partial charge < -0.3 is 18.9 Å². The second kappa shape index (κ2) is 10.4. The SMILES string of the molecule is Cc1cc2c(cc1N1C3=CC=CCC3c3ccccc31)OC1(CC2(C)C)CC(C)(C)c2cc(C)c(-n3c4ccccc4c4ccccc43)cc2O1. The number of aromatic nitrogens is 1. The summed E-state index contributed by atoms with van der Waals surface area (Å²) < 4.78 is 17.0. The molecule has 4 heterocycles. The molecule has 0 amide bonds. The van der Waals surface area contributed by atoms with Crippen molar-refractivity contribution >= 4 is 33.2 Å². The molecule has 0 radical (unpaired) electrons. The van der Waals surface area contributed by atoms with E-state index in [0.29, 0.717) is 5.92 Å². The second-order valence-electron chi connectivity index (χ2n) is 16.6. The van der Waals surface area contributed by atoms with Gasteiger partial charge in [0.1, 0.15) is 11.5 Å². The topological polar surface area (TPSA) is 26.6 Å². The van der Waals surface area contributed by atoms with Gasteiger partial charge in [0, 0.05) is 75.0 Å². The minimum Gasteiger partial charge on any atom is -0.452 e. The molecule has 0 saturated carbocycles. The summed E-state index contributed by atoms with van der Waals surface area (Å²) in [5, 5.41) is 2.52. The number of hydrogen-bond donors (Lipinski definition) is 0. The number of benzene rings is 5. The molecule has 3 aliphatic heterocycles. The molecule has 0 fully saturated rings. The second-order valence-corrected chi connectivity index (χ2v) is 16.6. The van der Waals surface area contributed by atoms with Crippen LogP contribution >= 0.6 is 0 Å². The Morgan fingerprint density at radius 1 is 0.627 bits per heavy atom. The highest BCUT2D eigenvalue weighted by atomic mass is 16.7. The molecule has 1 aromatic heterocycles. The van der Waals surface area contributed by atoms with Crippen LogP contribution in [0.4, 0.5) is 11.4 Å². The Labute approximate surface area is 300 Å². The summed E-state index contributed by atoms with van der Waals surface area (Å²) in [4.78, 5) is 2.47. The quantitative estimate of drug-likeness (QED) is 0.184.